The van der Waals surface area contributed by atoms with Crippen molar-refractivity contribution in [3.63, 3.8) is 0 Å². The van der Waals surface area contributed by atoms with Gasteiger partial charge in [0.05, 0.1) is 0 Å². The van der Waals surface area contributed by atoms with Gasteiger partial charge < -0.3 is 5.11 Å². The Morgan fingerprint density at radius 3 is 2.11 bits per heavy atom. The van der Waals surface area contributed by atoms with Crippen molar-refractivity contribution in [1.82, 2.24) is 0 Å². The maximum Gasteiger partial charge on any atom is 0.159 e. The third-order valence-corrected chi connectivity index (χ3v) is 3.44. The molecule has 0 radical (unpaired) electrons. The van der Waals surface area contributed by atoms with E-state index >= 15 is 0 Å². The highest BCUT2D eigenvalue weighted by Crippen LogP contribution is 2.27. The van der Waals surface area contributed by atoms with Crippen LogP contribution in [-0.2, 0) is 0 Å². The van der Waals surface area contributed by atoms with E-state index in [-0.39, 0.29) is 0 Å². The van der Waals surface area contributed by atoms with Gasteiger partial charge in [0.25, 0.3) is 0 Å². The normalized spacial score (nSPS) is 12.5. The van der Waals surface area contributed by atoms with E-state index in [1.807, 2.05) is 32.9 Å². The number of aryl methyl sites for hydroxylation is 3. The van der Waals surface area contributed by atoms with Gasteiger partial charge in [-0.3, -0.25) is 0 Å². The highest BCUT2D eigenvalue weighted by atomic mass is 19.2. The van der Waals surface area contributed by atoms with Gasteiger partial charge in [0.1, 0.15) is 6.10 Å². The first kappa shape index (κ1) is 13.7. The van der Waals surface area contributed by atoms with Crippen LogP contribution >= 0.6 is 0 Å². The molecule has 0 spiro atoms. The first-order valence-electron chi connectivity index (χ1n) is 6.11. The molecule has 19 heavy (non-hydrogen) atoms. The summed E-state index contributed by atoms with van der Waals surface area (Å²) in [5.41, 5.74) is 4.20. The molecular weight excluding hydrogens is 246 g/mol. The van der Waals surface area contributed by atoms with Crippen molar-refractivity contribution >= 4 is 0 Å². The summed E-state index contributed by atoms with van der Waals surface area (Å²) in [5.74, 6) is -1.86. The van der Waals surface area contributed by atoms with Crippen molar-refractivity contribution < 1.29 is 13.9 Å². The molecule has 1 unspecified atom stereocenters. The van der Waals surface area contributed by atoms with Gasteiger partial charge in [0, 0.05) is 0 Å². The van der Waals surface area contributed by atoms with E-state index in [1.54, 1.807) is 0 Å². The lowest BCUT2D eigenvalue weighted by molar-refractivity contribution is 0.218. The van der Waals surface area contributed by atoms with E-state index in [2.05, 4.69) is 0 Å². The minimum absolute atomic E-state index is 0.352. The molecular formula is C16H16F2O. The average Bonchev–Trinajstić information content (AvgIpc) is 2.36. The Balaban J connectivity index is 2.46. The summed E-state index contributed by atoms with van der Waals surface area (Å²) in [5, 5.41) is 10.3. The van der Waals surface area contributed by atoms with Crippen molar-refractivity contribution in [2.24, 2.45) is 0 Å². The van der Waals surface area contributed by atoms with Crippen LogP contribution in [0.1, 0.15) is 33.9 Å². The van der Waals surface area contributed by atoms with Gasteiger partial charge >= 0.3 is 0 Å². The molecule has 0 saturated carbocycles. The van der Waals surface area contributed by atoms with E-state index in [0.29, 0.717) is 11.1 Å². The second-order valence-corrected chi connectivity index (χ2v) is 4.87. The Morgan fingerprint density at radius 2 is 1.47 bits per heavy atom. The number of rotatable bonds is 2. The molecule has 2 aromatic carbocycles. The van der Waals surface area contributed by atoms with E-state index in [0.717, 1.165) is 28.8 Å². The van der Waals surface area contributed by atoms with Gasteiger partial charge in [0.15, 0.2) is 11.6 Å². The van der Waals surface area contributed by atoms with Crippen LogP contribution in [0.4, 0.5) is 8.78 Å². The fraction of sp³-hybridized carbons (Fsp3) is 0.250. The number of halogens is 2. The third kappa shape index (κ3) is 2.66. The summed E-state index contributed by atoms with van der Waals surface area (Å²) in [7, 11) is 0. The zero-order chi connectivity index (χ0) is 14.2. The van der Waals surface area contributed by atoms with Gasteiger partial charge in [0.2, 0.25) is 0 Å². The highest BCUT2D eigenvalue weighted by Gasteiger charge is 2.15. The molecule has 0 bridgehead atoms. The van der Waals surface area contributed by atoms with Crippen LogP contribution < -0.4 is 0 Å². The van der Waals surface area contributed by atoms with Crippen molar-refractivity contribution in [3.8, 4) is 0 Å². The lowest BCUT2D eigenvalue weighted by Crippen LogP contribution is -2.04. The van der Waals surface area contributed by atoms with Crippen LogP contribution in [-0.4, -0.2) is 5.11 Å². The van der Waals surface area contributed by atoms with Gasteiger partial charge in [-0.15, -0.1) is 0 Å². The third-order valence-electron chi connectivity index (χ3n) is 3.44. The molecule has 0 aliphatic rings. The molecule has 2 aromatic rings. The highest BCUT2D eigenvalue weighted by molar-refractivity contribution is 5.41. The van der Waals surface area contributed by atoms with Gasteiger partial charge in [-0.2, -0.15) is 0 Å². The second-order valence-electron chi connectivity index (χ2n) is 4.87. The minimum Gasteiger partial charge on any atom is -0.384 e. The standard InChI is InChI=1S/C16H16F2O/c1-9-6-11(3)13(7-10(9)2)16(19)12-4-5-14(17)15(18)8-12/h4-8,16,19H,1-3H3. The molecule has 1 N–H and O–H groups in total. The lowest BCUT2D eigenvalue weighted by Gasteiger charge is -2.16. The summed E-state index contributed by atoms with van der Waals surface area (Å²) in [4.78, 5) is 0. The van der Waals surface area contributed by atoms with Crippen LogP contribution in [0.3, 0.4) is 0 Å². The Bertz CT molecular complexity index is 620. The lowest BCUT2D eigenvalue weighted by atomic mass is 9.93. The topological polar surface area (TPSA) is 20.2 Å². The van der Waals surface area contributed by atoms with Crippen molar-refractivity contribution in [2.75, 3.05) is 0 Å². The molecule has 0 aliphatic heterocycles. The zero-order valence-corrected chi connectivity index (χ0v) is 11.2. The number of aliphatic hydroxyl groups is 1. The van der Waals surface area contributed by atoms with Crippen LogP contribution in [0.15, 0.2) is 30.3 Å². The summed E-state index contributed by atoms with van der Waals surface area (Å²) in [6.45, 7) is 5.84. The summed E-state index contributed by atoms with van der Waals surface area (Å²) in [6, 6.07) is 7.33. The molecule has 0 aliphatic carbocycles. The quantitative estimate of drug-likeness (QED) is 0.868. The van der Waals surface area contributed by atoms with Crippen LogP contribution in [0.25, 0.3) is 0 Å². The number of hydrogen-bond acceptors (Lipinski definition) is 1. The summed E-state index contributed by atoms with van der Waals surface area (Å²) in [6.07, 6.45) is -0.950. The average molecular weight is 262 g/mol. The molecule has 0 heterocycles. The molecule has 3 heteroatoms. The first-order chi connectivity index (χ1) is 8.90. The van der Waals surface area contributed by atoms with Crippen molar-refractivity contribution in [2.45, 2.75) is 26.9 Å². The van der Waals surface area contributed by atoms with E-state index in [1.165, 1.54) is 6.07 Å². The molecule has 0 saturated heterocycles. The van der Waals surface area contributed by atoms with Crippen molar-refractivity contribution in [3.05, 3.63) is 69.8 Å². The predicted molar refractivity (Wildman–Crippen MR) is 71.1 cm³/mol. The maximum absolute atomic E-state index is 13.2. The number of benzene rings is 2. The molecule has 0 aromatic heterocycles. The second kappa shape index (κ2) is 5.10. The zero-order valence-electron chi connectivity index (χ0n) is 11.2. The minimum atomic E-state index is -0.950. The first-order valence-corrected chi connectivity index (χ1v) is 6.11. The van der Waals surface area contributed by atoms with E-state index in [9.17, 15) is 13.9 Å². The fourth-order valence-electron chi connectivity index (χ4n) is 2.14. The summed E-state index contributed by atoms with van der Waals surface area (Å²) >= 11 is 0. The van der Waals surface area contributed by atoms with Gasteiger partial charge in [-0.25, -0.2) is 8.78 Å². The largest absolute Gasteiger partial charge is 0.384 e. The smallest absolute Gasteiger partial charge is 0.159 e. The van der Waals surface area contributed by atoms with E-state index in [4.69, 9.17) is 0 Å². The summed E-state index contributed by atoms with van der Waals surface area (Å²) < 4.78 is 26.1. The van der Waals surface area contributed by atoms with Crippen LogP contribution in [0, 0.1) is 32.4 Å². The monoisotopic (exact) mass is 262 g/mol. The Morgan fingerprint density at radius 1 is 0.842 bits per heavy atom. The van der Waals surface area contributed by atoms with Crippen molar-refractivity contribution in [1.29, 1.82) is 0 Å². The molecule has 100 valence electrons. The predicted octanol–water partition coefficient (Wildman–Crippen LogP) is 3.97. The van der Waals surface area contributed by atoms with Gasteiger partial charge in [-0.05, 0) is 60.7 Å². The number of aliphatic hydroxyl groups excluding tert-OH is 1. The SMILES string of the molecule is Cc1cc(C)c(C(O)c2ccc(F)c(F)c2)cc1C. The maximum atomic E-state index is 13.2. The fourth-order valence-corrected chi connectivity index (χ4v) is 2.14. The molecule has 0 fully saturated rings. The number of hydrogen-bond donors (Lipinski definition) is 1. The van der Waals surface area contributed by atoms with Crippen LogP contribution in [0.2, 0.25) is 0 Å². The van der Waals surface area contributed by atoms with Crippen LogP contribution in [0.5, 0.6) is 0 Å². The molecule has 1 atom stereocenters. The Labute approximate surface area is 111 Å². The Hall–Kier alpha value is -1.74. The molecule has 1 nitrogen and oxygen atoms in total. The molecule has 2 rings (SSSR count). The Kier molecular flexibility index (Phi) is 3.67. The molecule has 0 amide bonds. The van der Waals surface area contributed by atoms with E-state index < -0.39 is 17.7 Å². The van der Waals surface area contributed by atoms with Gasteiger partial charge in [-0.1, -0.05) is 18.2 Å².